The number of carbonyl (C=O) groups is 1. The summed E-state index contributed by atoms with van der Waals surface area (Å²) < 4.78 is 5.34. The molecule has 4 rings (SSSR count). The molecule has 0 bridgehead atoms. The second-order valence-corrected chi connectivity index (χ2v) is 8.40. The molecule has 1 aliphatic heterocycles. The van der Waals surface area contributed by atoms with Crippen molar-refractivity contribution >= 4 is 34.7 Å². The Morgan fingerprint density at radius 2 is 2.11 bits per heavy atom. The third kappa shape index (κ3) is 4.17. The van der Waals surface area contributed by atoms with E-state index in [1.807, 2.05) is 23.6 Å². The van der Waals surface area contributed by atoms with Crippen LogP contribution in [0.1, 0.15) is 34.2 Å². The van der Waals surface area contributed by atoms with E-state index >= 15 is 0 Å². The number of thioether (sulfide) groups is 1. The Morgan fingerprint density at radius 3 is 2.81 bits per heavy atom. The van der Waals surface area contributed by atoms with Crippen LogP contribution in [0.2, 0.25) is 0 Å². The zero-order chi connectivity index (χ0) is 18.6. The second-order valence-electron chi connectivity index (χ2n) is 6.47. The minimum absolute atomic E-state index is 0.0312. The van der Waals surface area contributed by atoms with Gasteiger partial charge in [0.15, 0.2) is 0 Å². The Labute approximate surface area is 166 Å². The Bertz CT molecular complexity index is 916. The van der Waals surface area contributed by atoms with E-state index < -0.39 is 0 Å². The number of furan rings is 1. The molecule has 0 fully saturated rings. The molecule has 4 nitrogen and oxygen atoms in total. The normalized spacial score (nSPS) is 16.6. The molecule has 0 N–H and O–H groups in total. The Balaban J connectivity index is 1.51. The van der Waals surface area contributed by atoms with Crippen LogP contribution in [-0.2, 0) is 10.5 Å². The molecule has 1 amide bonds. The molecule has 1 atom stereocenters. The average Bonchev–Trinajstić information content (AvgIpc) is 3.43. The molecule has 0 unspecified atom stereocenters. The summed E-state index contributed by atoms with van der Waals surface area (Å²) in [6.07, 6.45) is 2.40. The largest absolute Gasteiger partial charge is 0.468 e. The lowest BCUT2D eigenvalue weighted by atomic mass is 10.00. The first-order valence-electron chi connectivity index (χ1n) is 8.81. The predicted octanol–water partition coefficient (Wildman–Crippen LogP) is 5.26. The molecule has 0 aliphatic carbocycles. The highest BCUT2D eigenvalue weighted by atomic mass is 32.2. The molecule has 0 saturated carbocycles. The minimum atomic E-state index is -0.0422. The van der Waals surface area contributed by atoms with Gasteiger partial charge in [-0.3, -0.25) is 4.79 Å². The Hall–Kier alpha value is -2.31. The zero-order valence-electron chi connectivity index (χ0n) is 15.0. The van der Waals surface area contributed by atoms with Crippen LogP contribution in [0.25, 0.3) is 0 Å². The number of amides is 1. The molecule has 0 spiro atoms. The van der Waals surface area contributed by atoms with Crippen LogP contribution in [-0.4, -0.2) is 22.4 Å². The molecule has 1 aromatic carbocycles. The summed E-state index contributed by atoms with van der Waals surface area (Å²) in [4.78, 5) is 14.0. The highest BCUT2D eigenvalue weighted by Crippen LogP contribution is 2.34. The number of hydrogen-bond donors (Lipinski definition) is 0. The van der Waals surface area contributed by atoms with E-state index in [1.54, 1.807) is 34.4 Å². The lowest BCUT2D eigenvalue weighted by Crippen LogP contribution is -2.28. The van der Waals surface area contributed by atoms with Crippen LogP contribution < -0.4 is 0 Å². The molecule has 1 aliphatic rings. The van der Waals surface area contributed by atoms with Crippen LogP contribution in [0.4, 0.5) is 0 Å². The fraction of sp³-hybridized carbons (Fsp3) is 0.238. The van der Waals surface area contributed by atoms with Crippen molar-refractivity contribution in [3.63, 3.8) is 0 Å². The van der Waals surface area contributed by atoms with Gasteiger partial charge in [-0.2, -0.15) is 5.10 Å². The third-order valence-corrected chi connectivity index (χ3v) is 6.34. The molecule has 2 aromatic heterocycles. The summed E-state index contributed by atoms with van der Waals surface area (Å²) in [5.74, 6) is 1.98. The Morgan fingerprint density at radius 1 is 1.26 bits per heavy atom. The smallest absolute Gasteiger partial charge is 0.253 e. The number of benzene rings is 1. The van der Waals surface area contributed by atoms with Gasteiger partial charge in [0.25, 0.3) is 5.91 Å². The Kier molecular flexibility index (Phi) is 5.45. The molecule has 138 valence electrons. The fourth-order valence-corrected chi connectivity index (χ4v) is 4.58. The van der Waals surface area contributed by atoms with Crippen molar-refractivity contribution in [2.24, 2.45) is 5.10 Å². The highest BCUT2D eigenvalue weighted by molar-refractivity contribution is 7.99. The van der Waals surface area contributed by atoms with Gasteiger partial charge in [0.1, 0.15) is 5.76 Å². The van der Waals surface area contributed by atoms with E-state index in [2.05, 4.69) is 37.3 Å². The van der Waals surface area contributed by atoms with Gasteiger partial charge in [0.05, 0.1) is 34.4 Å². The minimum Gasteiger partial charge on any atom is -0.468 e. The first-order valence-corrected chi connectivity index (χ1v) is 10.8. The summed E-state index contributed by atoms with van der Waals surface area (Å²) in [5, 5.41) is 8.42. The van der Waals surface area contributed by atoms with Gasteiger partial charge in [0.2, 0.25) is 0 Å². The van der Waals surface area contributed by atoms with Crippen molar-refractivity contribution < 1.29 is 9.21 Å². The fourth-order valence-electron chi connectivity index (χ4n) is 3.08. The SMILES string of the molecule is Cc1ccc([C@H]2CC(c3cccs3)=NN2C(=O)CSCc2ccco2)cc1. The number of nitrogens with zero attached hydrogens (tertiary/aromatic N) is 2. The predicted molar refractivity (Wildman–Crippen MR) is 111 cm³/mol. The summed E-state index contributed by atoms with van der Waals surface area (Å²) in [5.41, 5.74) is 3.32. The topological polar surface area (TPSA) is 45.8 Å². The van der Waals surface area contributed by atoms with Crippen LogP contribution in [0.3, 0.4) is 0 Å². The van der Waals surface area contributed by atoms with E-state index in [0.29, 0.717) is 11.5 Å². The van der Waals surface area contributed by atoms with Crippen molar-refractivity contribution in [2.75, 3.05) is 5.75 Å². The van der Waals surface area contributed by atoms with E-state index in [0.717, 1.165) is 28.3 Å². The van der Waals surface area contributed by atoms with Gasteiger partial charge < -0.3 is 4.42 Å². The molecule has 27 heavy (non-hydrogen) atoms. The van der Waals surface area contributed by atoms with Gasteiger partial charge in [-0.1, -0.05) is 35.9 Å². The van der Waals surface area contributed by atoms with E-state index in [9.17, 15) is 4.79 Å². The molecule has 0 saturated heterocycles. The third-order valence-electron chi connectivity index (χ3n) is 4.48. The molecular formula is C21H20N2O2S2. The van der Waals surface area contributed by atoms with Gasteiger partial charge in [-0.25, -0.2) is 5.01 Å². The van der Waals surface area contributed by atoms with Gasteiger partial charge in [-0.05, 0) is 36.1 Å². The zero-order valence-corrected chi connectivity index (χ0v) is 16.6. The van der Waals surface area contributed by atoms with Crippen LogP contribution in [0.5, 0.6) is 0 Å². The number of thiophene rings is 1. The van der Waals surface area contributed by atoms with Crippen LogP contribution in [0, 0.1) is 6.92 Å². The highest BCUT2D eigenvalue weighted by Gasteiger charge is 2.33. The van der Waals surface area contributed by atoms with E-state index in [-0.39, 0.29) is 11.9 Å². The quantitative estimate of drug-likeness (QED) is 0.571. The van der Waals surface area contributed by atoms with E-state index in [4.69, 9.17) is 9.52 Å². The van der Waals surface area contributed by atoms with Crippen molar-refractivity contribution in [3.05, 3.63) is 81.9 Å². The van der Waals surface area contributed by atoms with Gasteiger partial charge in [0, 0.05) is 6.42 Å². The van der Waals surface area contributed by atoms with Crippen LogP contribution in [0.15, 0.2) is 69.7 Å². The summed E-state index contributed by atoms with van der Waals surface area (Å²) >= 11 is 3.22. The number of carbonyl (C=O) groups excluding carboxylic acids is 1. The lowest BCUT2D eigenvalue weighted by Gasteiger charge is -2.22. The first-order chi connectivity index (χ1) is 13.2. The maximum absolute atomic E-state index is 12.9. The molecule has 3 aromatic rings. The summed E-state index contributed by atoms with van der Waals surface area (Å²) in [7, 11) is 0. The van der Waals surface area contributed by atoms with Crippen LogP contribution >= 0.6 is 23.1 Å². The van der Waals surface area contributed by atoms with Crippen molar-refractivity contribution in [1.82, 2.24) is 5.01 Å². The molecular weight excluding hydrogens is 376 g/mol. The van der Waals surface area contributed by atoms with Crippen molar-refractivity contribution in [1.29, 1.82) is 0 Å². The molecule has 0 radical (unpaired) electrons. The number of hydrazone groups is 1. The number of aryl methyl sites for hydroxylation is 1. The maximum Gasteiger partial charge on any atom is 0.253 e. The second kappa shape index (κ2) is 8.15. The van der Waals surface area contributed by atoms with Gasteiger partial charge in [-0.15, -0.1) is 23.1 Å². The summed E-state index contributed by atoms with van der Waals surface area (Å²) in [6, 6.07) is 16.2. The van der Waals surface area contributed by atoms with Gasteiger partial charge >= 0.3 is 0 Å². The van der Waals surface area contributed by atoms with E-state index in [1.165, 1.54) is 5.56 Å². The monoisotopic (exact) mass is 396 g/mol. The molecule has 3 heterocycles. The summed E-state index contributed by atoms with van der Waals surface area (Å²) in [6.45, 7) is 2.07. The first kappa shape index (κ1) is 18.1. The standard InChI is InChI=1S/C21H20N2O2S2/c1-15-6-8-16(9-7-15)19-12-18(20-5-3-11-27-20)22-23(19)21(24)14-26-13-17-4-2-10-25-17/h2-11,19H,12-14H2,1H3/t19-/m1/s1. The lowest BCUT2D eigenvalue weighted by molar-refractivity contribution is -0.130. The number of hydrogen-bond acceptors (Lipinski definition) is 5. The maximum atomic E-state index is 12.9. The van der Waals surface area contributed by atoms with Crippen molar-refractivity contribution in [2.45, 2.75) is 25.1 Å². The average molecular weight is 397 g/mol. The molecule has 6 heteroatoms. The van der Waals surface area contributed by atoms with Crippen molar-refractivity contribution in [3.8, 4) is 0 Å². The number of rotatable bonds is 6.